The summed E-state index contributed by atoms with van der Waals surface area (Å²) < 4.78 is 5.29. The number of fused-ring (bicyclic) bond motifs is 1. The van der Waals surface area contributed by atoms with Crippen LogP contribution in [0.4, 0.5) is 0 Å². The number of carbonyl (C=O) groups excluding carboxylic acids is 1. The largest absolute Gasteiger partial charge is 0.492 e. The summed E-state index contributed by atoms with van der Waals surface area (Å²) in [5, 5.41) is 0. The van der Waals surface area contributed by atoms with Gasteiger partial charge in [-0.05, 0) is 6.92 Å². The lowest BCUT2D eigenvalue weighted by Crippen LogP contribution is -1.90. The van der Waals surface area contributed by atoms with E-state index in [0.29, 0.717) is 0 Å². The summed E-state index contributed by atoms with van der Waals surface area (Å²) >= 11 is 1.56. The minimum atomic E-state index is 0.132. The fourth-order valence-electron chi connectivity index (χ4n) is 1.14. The SMILES string of the molecule is CC(=O)c1cc2c(s1)CCO2. The molecule has 2 nitrogen and oxygen atoms in total. The molecule has 2 rings (SSSR count). The van der Waals surface area contributed by atoms with E-state index in [1.54, 1.807) is 18.3 Å². The molecule has 58 valence electrons. The molecule has 3 heteroatoms. The summed E-state index contributed by atoms with van der Waals surface area (Å²) in [6.07, 6.45) is 0.966. The van der Waals surface area contributed by atoms with Crippen molar-refractivity contribution in [3.63, 3.8) is 0 Å². The van der Waals surface area contributed by atoms with Crippen LogP contribution in [0.2, 0.25) is 0 Å². The molecule has 0 saturated carbocycles. The lowest BCUT2D eigenvalue weighted by atomic mass is 10.3. The Morgan fingerprint density at radius 3 is 3.18 bits per heavy atom. The van der Waals surface area contributed by atoms with Crippen LogP contribution in [-0.4, -0.2) is 12.4 Å². The maximum atomic E-state index is 10.9. The van der Waals surface area contributed by atoms with Gasteiger partial charge in [0.2, 0.25) is 0 Å². The van der Waals surface area contributed by atoms with E-state index in [1.165, 1.54) is 4.88 Å². The molecular formula is C8H8O2S. The standard InChI is InChI=1S/C8H8O2S/c1-5(9)8-4-6-7(11-8)2-3-10-6/h4H,2-3H2,1H3. The monoisotopic (exact) mass is 168 g/mol. The van der Waals surface area contributed by atoms with Gasteiger partial charge in [0.05, 0.1) is 16.4 Å². The number of hydrogen-bond donors (Lipinski definition) is 0. The normalized spacial score (nSPS) is 14.3. The van der Waals surface area contributed by atoms with Crippen LogP contribution in [0.25, 0.3) is 0 Å². The number of ether oxygens (including phenoxy) is 1. The van der Waals surface area contributed by atoms with E-state index in [4.69, 9.17) is 4.74 Å². The van der Waals surface area contributed by atoms with Gasteiger partial charge in [-0.1, -0.05) is 0 Å². The van der Waals surface area contributed by atoms with Crippen molar-refractivity contribution >= 4 is 17.1 Å². The first kappa shape index (κ1) is 6.85. The third-order valence-electron chi connectivity index (χ3n) is 1.70. The second-order valence-electron chi connectivity index (χ2n) is 2.55. The Bertz CT molecular complexity index is 280. The van der Waals surface area contributed by atoms with Crippen molar-refractivity contribution in [1.29, 1.82) is 0 Å². The lowest BCUT2D eigenvalue weighted by molar-refractivity contribution is 0.102. The van der Waals surface area contributed by atoms with Crippen molar-refractivity contribution in [3.05, 3.63) is 15.8 Å². The van der Waals surface area contributed by atoms with E-state index in [1.807, 2.05) is 6.07 Å². The van der Waals surface area contributed by atoms with Gasteiger partial charge in [0.15, 0.2) is 5.78 Å². The minimum absolute atomic E-state index is 0.132. The van der Waals surface area contributed by atoms with E-state index >= 15 is 0 Å². The topological polar surface area (TPSA) is 26.3 Å². The molecular weight excluding hydrogens is 160 g/mol. The fourth-order valence-corrected chi connectivity index (χ4v) is 2.11. The molecule has 0 saturated heterocycles. The van der Waals surface area contributed by atoms with Crippen molar-refractivity contribution in [3.8, 4) is 5.75 Å². The molecule has 0 amide bonds. The molecule has 1 aromatic rings. The predicted molar refractivity (Wildman–Crippen MR) is 43.5 cm³/mol. The van der Waals surface area contributed by atoms with Crippen LogP contribution in [-0.2, 0) is 6.42 Å². The molecule has 1 aromatic heterocycles. The summed E-state index contributed by atoms with van der Waals surface area (Å²) in [7, 11) is 0. The van der Waals surface area contributed by atoms with Crippen LogP contribution in [0, 0.1) is 0 Å². The minimum Gasteiger partial charge on any atom is -0.492 e. The highest BCUT2D eigenvalue weighted by Crippen LogP contribution is 2.33. The number of carbonyl (C=O) groups is 1. The Balaban J connectivity index is 2.42. The predicted octanol–water partition coefficient (Wildman–Crippen LogP) is 1.89. The van der Waals surface area contributed by atoms with Gasteiger partial charge in [-0.25, -0.2) is 0 Å². The van der Waals surface area contributed by atoms with Gasteiger partial charge in [0, 0.05) is 12.5 Å². The Morgan fingerprint density at radius 2 is 2.55 bits per heavy atom. The van der Waals surface area contributed by atoms with Crippen LogP contribution in [0.15, 0.2) is 6.07 Å². The molecule has 1 aliphatic rings. The average molecular weight is 168 g/mol. The molecule has 1 aliphatic heterocycles. The quantitative estimate of drug-likeness (QED) is 0.598. The van der Waals surface area contributed by atoms with Crippen LogP contribution in [0.5, 0.6) is 5.75 Å². The highest BCUT2D eigenvalue weighted by Gasteiger charge is 2.17. The van der Waals surface area contributed by atoms with Gasteiger partial charge < -0.3 is 4.74 Å². The van der Waals surface area contributed by atoms with Crippen molar-refractivity contribution in [2.24, 2.45) is 0 Å². The number of ketones is 1. The zero-order chi connectivity index (χ0) is 7.84. The van der Waals surface area contributed by atoms with Crippen molar-refractivity contribution in [2.75, 3.05) is 6.61 Å². The van der Waals surface area contributed by atoms with Crippen LogP contribution < -0.4 is 4.74 Å². The first-order valence-electron chi connectivity index (χ1n) is 3.54. The first-order chi connectivity index (χ1) is 5.27. The summed E-state index contributed by atoms with van der Waals surface area (Å²) in [5.41, 5.74) is 0. The van der Waals surface area contributed by atoms with E-state index in [2.05, 4.69) is 0 Å². The van der Waals surface area contributed by atoms with Gasteiger partial charge >= 0.3 is 0 Å². The van der Waals surface area contributed by atoms with E-state index < -0.39 is 0 Å². The Morgan fingerprint density at radius 1 is 1.73 bits per heavy atom. The summed E-state index contributed by atoms with van der Waals surface area (Å²) in [5.74, 6) is 1.05. The third-order valence-corrected chi connectivity index (χ3v) is 2.98. The van der Waals surface area contributed by atoms with Crippen LogP contribution in [0.3, 0.4) is 0 Å². The first-order valence-corrected chi connectivity index (χ1v) is 4.35. The number of Topliss-reactive ketones (excluding diaryl/α,β-unsaturated/α-hetero) is 1. The van der Waals surface area contributed by atoms with Crippen molar-refractivity contribution < 1.29 is 9.53 Å². The zero-order valence-corrected chi connectivity index (χ0v) is 7.03. The summed E-state index contributed by atoms with van der Waals surface area (Å²) in [6, 6.07) is 1.84. The van der Waals surface area contributed by atoms with Gasteiger partial charge in [0.1, 0.15) is 5.75 Å². The molecule has 0 radical (unpaired) electrons. The average Bonchev–Trinajstić information content (AvgIpc) is 2.40. The van der Waals surface area contributed by atoms with Crippen LogP contribution >= 0.6 is 11.3 Å². The molecule has 0 aliphatic carbocycles. The molecule has 0 atom stereocenters. The summed E-state index contributed by atoms with van der Waals surface area (Å²) in [6.45, 7) is 2.36. The number of rotatable bonds is 1. The molecule has 0 spiro atoms. The third kappa shape index (κ3) is 1.05. The van der Waals surface area contributed by atoms with E-state index in [9.17, 15) is 4.79 Å². The van der Waals surface area contributed by atoms with Crippen molar-refractivity contribution in [2.45, 2.75) is 13.3 Å². The summed E-state index contributed by atoms with van der Waals surface area (Å²) in [4.78, 5) is 12.9. The zero-order valence-electron chi connectivity index (χ0n) is 6.22. The van der Waals surface area contributed by atoms with E-state index in [0.717, 1.165) is 23.7 Å². The van der Waals surface area contributed by atoms with Gasteiger partial charge in [-0.2, -0.15) is 0 Å². The van der Waals surface area contributed by atoms with E-state index in [-0.39, 0.29) is 5.78 Å². The molecule has 0 fully saturated rings. The van der Waals surface area contributed by atoms with Gasteiger partial charge in [-0.15, -0.1) is 11.3 Å². The molecule has 0 unspecified atom stereocenters. The number of hydrogen-bond acceptors (Lipinski definition) is 3. The fraction of sp³-hybridized carbons (Fsp3) is 0.375. The highest BCUT2D eigenvalue weighted by molar-refractivity contribution is 7.14. The molecule has 11 heavy (non-hydrogen) atoms. The Kier molecular flexibility index (Phi) is 1.46. The smallest absolute Gasteiger partial charge is 0.169 e. The molecule has 0 N–H and O–H groups in total. The maximum Gasteiger partial charge on any atom is 0.169 e. The second-order valence-corrected chi connectivity index (χ2v) is 3.69. The van der Waals surface area contributed by atoms with Crippen LogP contribution in [0.1, 0.15) is 21.5 Å². The second kappa shape index (κ2) is 2.34. The molecule has 2 heterocycles. The molecule has 0 bridgehead atoms. The lowest BCUT2D eigenvalue weighted by Gasteiger charge is -1.89. The van der Waals surface area contributed by atoms with Gasteiger partial charge in [-0.3, -0.25) is 4.79 Å². The van der Waals surface area contributed by atoms with Crippen molar-refractivity contribution in [1.82, 2.24) is 0 Å². The highest BCUT2D eigenvalue weighted by atomic mass is 32.1. The maximum absolute atomic E-state index is 10.9. The number of thiophene rings is 1. The van der Waals surface area contributed by atoms with Gasteiger partial charge in [0.25, 0.3) is 0 Å². The Labute approximate surface area is 68.8 Å². The molecule has 0 aromatic carbocycles. The Hall–Kier alpha value is -0.830.